The molecule has 2 aromatic carbocycles. The van der Waals surface area contributed by atoms with E-state index in [1.54, 1.807) is 30.1 Å². The molecule has 1 aliphatic heterocycles. The molecule has 138 valence electrons. The smallest absolute Gasteiger partial charge is 0.330 e. The molecule has 0 radical (unpaired) electrons. The number of amides is 2. The summed E-state index contributed by atoms with van der Waals surface area (Å²) in [6.45, 7) is 3.75. The van der Waals surface area contributed by atoms with Gasteiger partial charge in [-0.05, 0) is 54.5 Å². The second-order valence-electron chi connectivity index (χ2n) is 7.08. The van der Waals surface area contributed by atoms with Crippen molar-refractivity contribution in [3.05, 3.63) is 59.3 Å². The third kappa shape index (κ3) is 2.69. The lowest BCUT2D eigenvalue weighted by Crippen LogP contribution is -2.51. The molecule has 27 heavy (non-hydrogen) atoms. The Bertz CT molecular complexity index is 1030. The van der Waals surface area contributed by atoms with Crippen molar-refractivity contribution in [1.82, 2.24) is 15.2 Å². The highest BCUT2D eigenvalue weighted by atomic mass is 16.6. The van der Waals surface area contributed by atoms with Crippen LogP contribution >= 0.6 is 0 Å². The third-order valence-corrected chi connectivity index (χ3v) is 5.06. The van der Waals surface area contributed by atoms with Crippen LogP contribution in [0.4, 0.5) is 10.5 Å². The van der Waals surface area contributed by atoms with E-state index in [0.717, 1.165) is 4.74 Å². The first kappa shape index (κ1) is 17.0. The Balaban J connectivity index is 1.78. The summed E-state index contributed by atoms with van der Waals surface area (Å²) in [5.41, 5.74) is 1.81. The average Bonchev–Trinajstić information content (AvgIpc) is 3.19. The van der Waals surface area contributed by atoms with E-state index >= 15 is 0 Å². The van der Waals surface area contributed by atoms with Gasteiger partial charge in [0, 0.05) is 12.6 Å². The number of hydroxylamine groups is 1. The molecule has 4 rings (SSSR count). The Kier molecular flexibility index (Phi) is 3.83. The number of fused-ring (bicyclic) bond motifs is 1. The highest BCUT2D eigenvalue weighted by Gasteiger charge is 2.55. The number of rotatable bonds is 3. The molecule has 3 aromatic rings. The molecule has 1 unspecified atom stereocenters. The minimum Gasteiger partial charge on any atom is -0.622 e. The molecule has 0 N–H and O–H groups in total. The molecule has 0 spiro atoms. The van der Waals surface area contributed by atoms with Gasteiger partial charge in [0.15, 0.2) is 6.21 Å². The van der Waals surface area contributed by atoms with Crippen molar-refractivity contribution in [2.45, 2.75) is 25.6 Å². The number of benzene rings is 2. The van der Waals surface area contributed by atoms with Gasteiger partial charge < -0.3 is 10.1 Å². The van der Waals surface area contributed by atoms with Crippen LogP contribution in [0.5, 0.6) is 0 Å². The number of carbonyl (C=O) groups excluding carboxylic acids is 1. The third-order valence-electron chi connectivity index (χ3n) is 5.06. The second-order valence-corrected chi connectivity index (χ2v) is 7.08. The van der Waals surface area contributed by atoms with Crippen molar-refractivity contribution in [3.63, 3.8) is 0 Å². The maximum atomic E-state index is 13.2. The Morgan fingerprint density at radius 3 is 2.59 bits per heavy atom. The number of anilines is 1. The zero-order valence-corrected chi connectivity index (χ0v) is 15.2. The molecule has 2 heterocycles. The normalized spacial score (nSPS) is 19.9. The Morgan fingerprint density at radius 2 is 1.85 bits per heavy atom. The van der Waals surface area contributed by atoms with E-state index in [0.29, 0.717) is 22.3 Å². The minimum atomic E-state index is -0.733. The van der Waals surface area contributed by atoms with Gasteiger partial charge in [0.1, 0.15) is 16.6 Å². The molecule has 0 saturated carbocycles. The number of hydrogen-bond donors (Lipinski definition) is 0. The molecule has 8 heteroatoms. The maximum absolute atomic E-state index is 13.2. The van der Waals surface area contributed by atoms with Gasteiger partial charge in [0.25, 0.3) is 6.17 Å². The van der Waals surface area contributed by atoms with Crippen molar-refractivity contribution in [1.29, 1.82) is 0 Å². The quantitative estimate of drug-likeness (QED) is 0.308. The molecule has 0 bridgehead atoms. The van der Waals surface area contributed by atoms with E-state index in [9.17, 15) is 10.0 Å². The van der Waals surface area contributed by atoms with Crippen molar-refractivity contribution >= 4 is 29.0 Å². The van der Waals surface area contributed by atoms with Gasteiger partial charge in [-0.25, -0.2) is 14.3 Å². The van der Waals surface area contributed by atoms with Crippen molar-refractivity contribution < 1.29 is 14.2 Å². The summed E-state index contributed by atoms with van der Waals surface area (Å²) in [5.74, 6) is 0. The summed E-state index contributed by atoms with van der Waals surface area (Å²) >= 11 is 0. The van der Waals surface area contributed by atoms with Crippen molar-refractivity contribution in [3.8, 4) is 0 Å². The first-order valence-electron chi connectivity index (χ1n) is 8.54. The zero-order chi connectivity index (χ0) is 19.2. The minimum absolute atomic E-state index is 0.221. The number of carbonyl (C=O) groups is 1. The van der Waals surface area contributed by atoms with Crippen LogP contribution in [0, 0.1) is 5.21 Å². The molecule has 1 atom stereocenters. The van der Waals surface area contributed by atoms with Gasteiger partial charge in [-0.1, -0.05) is 18.2 Å². The van der Waals surface area contributed by atoms with Crippen molar-refractivity contribution in [2.24, 2.45) is 0 Å². The fourth-order valence-corrected chi connectivity index (χ4v) is 3.36. The fraction of sp³-hybridized carbons (Fsp3) is 0.263. The van der Waals surface area contributed by atoms with E-state index in [-0.39, 0.29) is 6.03 Å². The van der Waals surface area contributed by atoms with Gasteiger partial charge in [0.2, 0.25) is 0 Å². The van der Waals surface area contributed by atoms with E-state index in [4.69, 9.17) is 4.63 Å². The highest BCUT2D eigenvalue weighted by molar-refractivity contribution is 5.96. The van der Waals surface area contributed by atoms with E-state index < -0.39 is 11.7 Å². The lowest BCUT2D eigenvalue weighted by molar-refractivity contribution is -0.504. The van der Waals surface area contributed by atoms with Gasteiger partial charge in [-0.3, -0.25) is 0 Å². The fourth-order valence-electron chi connectivity index (χ4n) is 3.36. The number of para-hydroxylation sites is 1. The summed E-state index contributed by atoms with van der Waals surface area (Å²) in [7, 11) is 1.71. The van der Waals surface area contributed by atoms with Crippen LogP contribution in [-0.2, 0) is 0 Å². The van der Waals surface area contributed by atoms with E-state index in [1.807, 2.05) is 44.2 Å². The maximum Gasteiger partial charge on any atom is 0.330 e. The Morgan fingerprint density at radius 1 is 1.15 bits per heavy atom. The van der Waals surface area contributed by atoms with Crippen molar-refractivity contribution in [2.75, 3.05) is 11.9 Å². The predicted octanol–water partition coefficient (Wildman–Crippen LogP) is 2.83. The van der Waals surface area contributed by atoms with Gasteiger partial charge >= 0.3 is 6.03 Å². The molecule has 2 amide bonds. The summed E-state index contributed by atoms with van der Waals surface area (Å²) in [6, 6.07) is 14.2. The summed E-state index contributed by atoms with van der Waals surface area (Å²) in [6.07, 6.45) is 0.728. The van der Waals surface area contributed by atoms with Crippen LogP contribution in [0.2, 0.25) is 0 Å². The SMILES string of the molecule is CN1C(=O)N(c2ccccc2)C([N+]([O-])=Cc2ccc3nonc3c2)C1(C)C. The first-order valence-corrected chi connectivity index (χ1v) is 8.54. The topological polar surface area (TPSA) is 88.5 Å². The number of likely N-dealkylation sites (N-methyl/N-ethyl adjacent to an activating group) is 1. The monoisotopic (exact) mass is 365 g/mol. The molecule has 1 aliphatic rings. The lowest BCUT2D eigenvalue weighted by Gasteiger charge is -2.31. The van der Waals surface area contributed by atoms with Crippen LogP contribution in [0.3, 0.4) is 0 Å². The van der Waals surface area contributed by atoms with Crippen LogP contribution in [0.15, 0.2) is 53.2 Å². The van der Waals surface area contributed by atoms with Gasteiger partial charge in [0.05, 0.1) is 5.69 Å². The highest BCUT2D eigenvalue weighted by Crippen LogP contribution is 2.35. The van der Waals surface area contributed by atoms with Crippen LogP contribution in [0.25, 0.3) is 11.0 Å². The molecule has 1 fully saturated rings. The number of nitrogens with zero attached hydrogens (tertiary/aromatic N) is 5. The Hall–Kier alpha value is -3.42. The first-order chi connectivity index (χ1) is 12.9. The van der Waals surface area contributed by atoms with Crippen LogP contribution < -0.4 is 4.90 Å². The van der Waals surface area contributed by atoms with Crippen LogP contribution in [0.1, 0.15) is 19.4 Å². The summed E-state index contributed by atoms with van der Waals surface area (Å²) in [4.78, 5) is 16.0. The summed E-state index contributed by atoms with van der Waals surface area (Å²) < 4.78 is 5.52. The summed E-state index contributed by atoms with van der Waals surface area (Å²) in [5, 5.41) is 20.7. The number of hydrogen-bond acceptors (Lipinski definition) is 5. The molecule has 8 nitrogen and oxygen atoms in total. The largest absolute Gasteiger partial charge is 0.622 e. The lowest BCUT2D eigenvalue weighted by atomic mass is 10.0. The standard InChI is InChI=1S/C19H19N5O3/c1-19(2)17(24(18(25)22(19)3)14-7-5-4-6-8-14)23(26)12-13-9-10-15-16(11-13)21-27-20-15/h4-12,17H,1-3H3. The zero-order valence-electron chi connectivity index (χ0n) is 15.2. The van der Waals surface area contributed by atoms with Crippen LogP contribution in [-0.4, -0.2) is 51.0 Å². The number of urea groups is 1. The molecule has 0 aliphatic carbocycles. The molecular formula is C19H19N5O3. The average molecular weight is 365 g/mol. The molecule has 1 aromatic heterocycles. The second kappa shape index (κ2) is 6.08. The number of aromatic nitrogens is 2. The van der Waals surface area contributed by atoms with E-state index in [2.05, 4.69) is 10.3 Å². The van der Waals surface area contributed by atoms with E-state index in [1.165, 1.54) is 11.1 Å². The molecule has 1 saturated heterocycles. The van der Waals surface area contributed by atoms with Gasteiger partial charge in [-0.2, -0.15) is 4.74 Å². The molecular weight excluding hydrogens is 346 g/mol. The van der Waals surface area contributed by atoms with Gasteiger partial charge in [-0.15, -0.1) is 0 Å². The Labute approximate surface area is 155 Å². The predicted molar refractivity (Wildman–Crippen MR) is 101 cm³/mol.